The molecule has 5 heteroatoms. The van der Waals surface area contributed by atoms with Crippen molar-refractivity contribution >= 4 is 39.8 Å². The van der Waals surface area contributed by atoms with Gasteiger partial charge in [-0.15, -0.1) is 34.3 Å². The standard InChI is InChI=1S/C16H18ClNS2.ClH/c17-7-10-18-8-5-13(6-9-18)16(14-3-1-11-19-14)15-4-2-12-20-15;/h1-4,11-12H,5-10H2;1H. The maximum atomic E-state index is 5.87. The van der Waals surface area contributed by atoms with Crippen LogP contribution in [0.4, 0.5) is 0 Å². The van der Waals surface area contributed by atoms with E-state index in [0.717, 1.165) is 12.4 Å². The number of quaternary nitrogens is 1. The van der Waals surface area contributed by atoms with Crippen LogP contribution in [-0.4, -0.2) is 25.5 Å². The number of thiophene rings is 2. The number of hydrogen-bond acceptors (Lipinski definition) is 2. The predicted molar refractivity (Wildman–Crippen MR) is 90.2 cm³/mol. The third kappa shape index (κ3) is 4.11. The highest BCUT2D eigenvalue weighted by atomic mass is 35.5. The van der Waals surface area contributed by atoms with Crippen molar-refractivity contribution in [3.63, 3.8) is 0 Å². The third-order valence-electron chi connectivity index (χ3n) is 3.90. The molecule has 0 unspecified atom stereocenters. The highest BCUT2D eigenvalue weighted by Crippen LogP contribution is 2.35. The van der Waals surface area contributed by atoms with E-state index in [1.54, 1.807) is 10.5 Å². The molecule has 1 nitrogen and oxygen atoms in total. The van der Waals surface area contributed by atoms with Gasteiger partial charge in [0.1, 0.15) is 0 Å². The zero-order valence-corrected chi connectivity index (χ0v) is 14.9. The highest BCUT2D eigenvalue weighted by Gasteiger charge is 2.21. The summed E-state index contributed by atoms with van der Waals surface area (Å²) in [5.41, 5.74) is 3.13. The van der Waals surface area contributed by atoms with E-state index in [2.05, 4.69) is 35.0 Å². The zero-order valence-electron chi connectivity index (χ0n) is 11.8. The van der Waals surface area contributed by atoms with Gasteiger partial charge < -0.3 is 17.3 Å². The Morgan fingerprint density at radius 1 is 1.05 bits per heavy atom. The lowest BCUT2D eigenvalue weighted by Crippen LogP contribution is -3.13. The smallest absolute Gasteiger partial charge is 0.0908 e. The van der Waals surface area contributed by atoms with Crippen LogP contribution in [-0.2, 0) is 0 Å². The van der Waals surface area contributed by atoms with Crippen molar-refractivity contribution in [2.24, 2.45) is 0 Å². The van der Waals surface area contributed by atoms with Crippen molar-refractivity contribution in [3.05, 3.63) is 50.4 Å². The molecular formula is C16H19Cl2NS2. The summed E-state index contributed by atoms with van der Waals surface area (Å²) < 4.78 is 0. The van der Waals surface area contributed by atoms with Gasteiger partial charge >= 0.3 is 0 Å². The number of piperidine rings is 1. The lowest BCUT2D eigenvalue weighted by molar-refractivity contribution is -0.900. The maximum absolute atomic E-state index is 5.87. The molecule has 3 heterocycles. The van der Waals surface area contributed by atoms with Gasteiger partial charge in [-0.25, -0.2) is 0 Å². The molecule has 0 bridgehead atoms. The second kappa shape index (κ2) is 8.35. The molecular weight excluding hydrogens is 341 g/mol. The fourth-order valence-corrected chi connectivity index (χ4v) is 4.85. The van der Waals surface area contributed by atoms with Gasteiger partial charge in [0.05, 0.1) is 25.5 Å². The molecule has 0 spiro atoms. The Hall–Kier alpha value is -0.320. The molecule has 0 aliphatic carbocycles. The fourth-order valence-electron chi connectivity index (χ4n) is 2.85. The molecule has 21 heavy (non-hydrogen) atoms. The molecule has 1 aliphatic rings. The Labute approximate surface area is 145 Å². The van der Waals surface area contributed by atoms with E-state index in [4.69, 9.17) is 11.6 Å². The first-order chi connectivity index (χ1) is 9.88. The average Bonchev–Trinajstić information content (AvgIpc) is 3.15. The summed E-state index contributed by atoms with van der Waals surface area (Å²) in [7, 11) is 0. The number of likely N-dealkylation sites (tertiary alicyclic amines) is 1. The van der Waals surface area contributed by atoms with E-state index in [1.165, 1.54) is 41.3 Å². The number of halogens is 2. The minimum Gasteiger partial charge on any atom is -1.00 e. The first kappa shape index (κ1) is 17.0. The molecule has 1 fully saturated rings. The molecule has 0 saturated carbocycles. The fraction of sp³-hybridized carbons (Fsp3) is 0.375. The lowest BCUT2D eigenvalue weighted by atomic mass is 9.96. The second-order valence-electron chi connectivity index (χ2n) is 5.12. The van der Waals surface area contributed by atoms with Gasteiger partial charge in [-0.05, 0) is 28.5 Å². The van der Waals surface area contributed by atoms with Crippen LogP contribution in [0.1, 0.15) is 22.6 Å². The molecule has 0 aromatic carbocycles. The molecule has 1 N–H and O–H groups in total. The normalized spacial score (nSPS) is 18.3. The van der Waals surface area contributed by atoms with Crippen molar-refractivity contribution in [1.82, 2.24) is 0 Å². The quantitative estimate of drug-likeness (QED) is 0.759. The largest absolute Gasteiger partial charge is 1.00 e. The molecule has 0 atom stereocenters. The Morgan fingerprint density at radius 3 is 2.05 bits per heavy atom. The SMILES string of the molecule is ClCC[NH+]1CCC(=C(c2cccs2)c2cccs2)CC1.[Cl-]. The van der Waals surface area contributed by atoms with Crippen LogP contribution in [0.15, 0.2) is 40.6 Å². The monoisotopic (exact) mass is 359 g/mol. The number of hydrogen-bond donors (Lipinski definition) is 1. The van der Waals surface area contributed by atoms with Crippen molar-refractivity contribution in [1.29, 1.82) is 0 Å². The van der Waals surface area contributed by atoms with Crippen LogP contribution in [0, 0.1) is 0 Å². The predicted octanol–water partition coefficient (Wildman–Crippen LogP) is 0.533. The number of rotatable bonds is 4. The molecule has 2 aromatic rings. The van der Waals surface area contributed by atoms with Gasteiger partial charge in [0.15, 0.2) is 0 Å². The van der Waals surface area contributed by atoms with E-state index in [0.29, 0.717) is 0 Å². The Kier molecular flexibility index (Phi) is 6.77. The minimum atomic E-state index is 0. The van der Waals surface area contributed by atoms with Gasteiger partial charge in [0.2, 0.25) is 0 Å². The molecule has 114 valence electrons. The van der Waals surface area contributed by atoms with Crippen molar-refractivity contribution in [2.75, 3.05) is 25.5 Å². The van der Waals surface area contributed by atoms with Crippen molar-refractivity contribution in [3.8, 4) is 0 Å². The molecule has 0 amide bonds. The third-order valence-corrected chi connectivity index (χ3v) is 5.86. The Morgan fingerprint density at radius 2 is 1.62 bits per heavy atom. The van der Waals surface area contributed by atoms with Gasteiger partial charge in [-0.3, -0.25) is 0 Å². The molecule has 1 aliphatic heterocycles. The highest BCUT2D eigenvalue weighted by molar-refractivity contribution is 7.13. The number of alkyl halides is 1. The average molecular weight is 360 g/mol. The number of nitrogens with one attached hydrogen (secondary N) is 1. The van der Waals surface area contributed by atoms with Crippen LogP contribution in [0.3, 0.4) is 0 Å². The van der Waals surface area contributed by atoms with Crippen LogP contribution in [0.2, 0.25) is 0 Å². The van der Waals surface area contributed by atoms with E-state index in [-0.39, 0.29) is 12.4 Å². The van der Waals surface area contributed by atoms with Gasteiger partial charge in [0, 0.05) is 28.2 Å². The lowest BCUT2D eigenvalue weighted by Gasteiger charge is -2.26. The van der Waals surface area contributed by atoms with Crippen molar-refractivity contribution < 1.29 is 17.3 Å². The van der Waals surface area contributed by atoms with Gasteiger partial charge in [-0.1, -0.05) is 12.1 Å². The Bertz CT molecular complexity index is 515. The summed E-state index contributed by atoms with van der Waals surface area (Å²) in [4.78, 5) is 4.49. The summed E-state index contributed by atoms with van der Waals surface area (Å²) in [6.07, 6.45) is 2.41. The zero-order chi connectivity index (χ0) is 13.8. The summed E-state index contributed by atoms with van der Waals surface area (Å²) in [5, 5.41) is 4.36. The summed E-state index contributed by atoms with van der Waals surface area (Å²) in [6.45, 7) is 3.55. The Balaban J connectivity index is 0.00000161. The van der Waals surface area contributed by atoms with Crippen LogP contribution in [0.25, 0.3) is 5.57 Å². The van der Waals surface area contributed by atoms with Crippen LogP contribution in [0.5, 0.6) is 0 Å². The van der Waals surface area contributed by atoms with E-state index >= 15 is 0 Å². The van der Waals surface area contributed by atoms with E-state index < -0.39 is 0 Å². The second-order valence-corrected chi connectivity index (χ2v) is 7.40. The van der Waals surface area contributed by atoms with Gasteiger partial charge in [-0.2, -0.15) is 0 Å². The first-order valence-corrected chi connectivity index (χ1v) is 9.37. The minimum absolute atomic E-state index is 0. The molecule has 3 rings (SSSR count). The van der Waals surface area contributed by atoms with Crippen LogP contribution < -0.4 is 17.3 Å². The molecule has 2 aromatic heterocycles. The van der Waals surface area contributed by atoms with E-state index in [9.17, 15) is 0 Å². The molecule has 0 radical (unpaired) electrons. The van der Waals surface area contributed by atoms with Crippen molar-refractivity contribution in [2.45, 2.75) is 12.8 Å². The van der Waals surface area contributed by atoms with Crippen LogP contribution >= 0.6 is 34.3 Å². The van der Waals surface area contributed by atoms with E-state index in [1.807, 2.05) is 22.7 Å². The van der Waals surface area contributed by atoms with Gasteiger partial charge in [0.25, 0.3) is 0 Å². The first-order valence-electron chi connectivity index (χ1n) is 7.08. The summed E-state index contributed by atoms with van der Waals surface area (Å²) in [6, 6.07) is 8.82. The summed E-state index contributed by atoms with van der Waals surface area (Å²) in [5.74, 6) is 0.775. The molecule has 1 saturated heterocycles. The topological polar surface area (TPSA) is 4.44 Å². The maximum Gasteiger partial charge on any atom is 0.0908 e. The summed E-state index contributed by atoms with van der Waals surface area (Å²) >= 11 is 9.58.